The number of nitrogens with zero attached hydrogens (tertiary/aromatic N) is 1. The summed E-state index contributed by atoms with van der Waals surface area (Å²) in [5.41, 5.74) is 4.43. The van der Waals surface area contributed by atoms with Crippen LogP contribution in [0.3, 0.4) is 0 Å². The number of aromatic amines is 2. The summed E-state index contributed by atoms with van der Waals surface area (Å²) in [6.45, 7) is 0. The Hall–Kier alpha value is -2.81. The molecule has 0 saturated heterocycles. The number of nitrogens with one attached hydrogen (secondary N) is 2. The average molecular weight is 257 g/mol. The second-order valence-corrected chi connectivity index (χ2v) is 5.16. The number of hydrogen-bond donors (Lipinski definition) is 2. The molecule has 0 atom stereocenters. The van der Waals surface area contributed by atoms with Gasteiger partial charge in [0.15, 0.2) is 0 Å². The van der Waals surface area contributed by atoms with Crippen LogP contribution < -0.4 is 0 Å². The normalized spacial score (nSPS) is 12.0. The van der Waals surface area contributed by atoms with Crippen molar-refractivity contribution in [1.29, 1.82) is 0 Å². The van der Waals surface area contributed by atoms with Crippen molar-refractivity contribution >= 4 is 43.6 Å². The lowest BCUT2D eigenvalue weighted by Crippen LogP contribution is -1.78. The lowest BCUT2D eigenvalue weighted by Gasteiger charge is -1.97. The van der Waals surface area contributed by atoms with Crippen molar-refractivity contribution in [2.45, 2.75) is 0 Å². The summed E-state index contributed by atoms with van der Waals surface area (Å²) in [6.07, 6.45) is 3.92. The van der Waals surface area contributed by atoms with Crippen molar-refractivity contribution < 1.29 is 0 Å². The molecule has 0 unspecified atom stereocenters. The van der Waals surface area contributed by atoms with Crippen molar-refractivity contribution in [3.63, 3.8) is 0 Å². The van der Waals surface area contributed by atoms with Gasteiger partial charge in [-0.2, -0.15) is 0 Å². The third-order valence-corrected chi connectivity index (χ3v) is 4.01. The predicted octanol–water partition coefficient (Wildman–Crippen LogP) is 4.35. The van der Waals surface area contributed by atoms with E-state index in [0.29, 0.717) is 0 Å². The largest absolute Gasteiger partial charge is 0.361 e. The Morgan fingerprint density at radius 2 is 1.80 bits per heavy atom. The zero-order valence-corrected chi connectivity index (χ0v) is 10.6. The molecule has 5 aromatic rings. The molecular weight excluding hydrogens is 246 g/mol. The number of aromatic nitrogens is 3. The number of H-pyrrole nitrogens is 2. The quantitative estimate of drug-likeness (QED) is 0.425. The number of hydrogen-bond acceptors (Lipinski definition) is 1. The van der Waals surface area contributed by atoms with Crippen molar-refractivity contribution in [3.8, 4) is 0 Å². The zero-order chi connectivity index (χ0) is 13.1. The number of rotatable bonds is 0. The van der Waals surface area contributed by atoms with Crippen LogP contribution >= 0.6 is 0 Å². The minimum absolute atomic E-state index is 1.04. The van der Waals surface area contributed by atoms with Gasteiger partial charge < -0.3 is 9.97 Å². The smallest absolute Gasteiger partial charge is 0.0964 e. The number of pyridine rings is 1. The van der Waals surface area contributed by atoms with Crippen LogP contribution in [0.2, 0.25) is 0 Å². The zero-order valence-electron chi connectivity index (χ0n) is 10.6. The SMILES string of the molecule is c1ccc2c(c1)cnc1c3cc4cc[nH]c4cc3[nH]c21. The second kappa shape index (κ2) is 3.39. The van der Waals surface area contributed by atoms with Crippen LogP contribution in [0.1, 0.15) is 0 Å². The number of fused-ring (bicyclic) bond motifs is 6. The summed E-state index contributed by atoms with van der Waals surface area (Å²) in [4.78, 5) is 11.4. The Morgan fingerprint density at radius 3 is 2.80 bits per heavy atom. The van der Waals surface area contributed by atoms with Gasteiger partial charge in [0.25, 0.3) is 0 Å². The van der Waals surface area contributed by atoms with Crippen LogP contribution in [0.15, 0.2) is 54.9 Å². The van der Waals surface area contributed by atoms with Crippen molar-refractivity contribution in [2.24, 2.45) is 0 Å². The first-order valence-electron chi connectivity index (χ1n) is 6.66. The van der Waals surface area contributed by atoms with Gasteiger partial charge in [0.05, 0.1) is 16.6 Å². The second-order valence-electron chi connectivity index (χ2n) is 5.16. The predicted molar refractivity (Wildman–Crippen MR) is 83.0 cm³/mol. The fourth-order valence-electron chi connectivity index (χ4n) is 3.03. The van der Waals surface area contributed by atoms with Gasteiger partial charge in [-0.1, -0.05) is 24.3 Å². The molecule has 2 aromatic carbocycles. The van der Waals surface area contributed by atoms with Crippen LogP contribution in [0, 0.1) is 0 Å². The fraction of sp³-hybridized carbons (Fsp3) is 0. The first kappa shape index (κ1) is 10.0. The summed E-state index contributed by atoms with van der Waals surface area (Å²) in [7, 11) is 0. The van der Waals surface area contributed by atoms with Gasteiger partial charge in [-0.25, -0.2) is 0 Å². The van der Waals surface area contributed by atoms with E-state index in [-0.39, 0.29) is 0 Å². The maximum absolute atomic E-state index is 4.65. The van der Waals surface area contributed by atoms with Gasteiger partial charge in [-0.3, -0.25) is 4.98 Å². The van der Waals surface area contributed by atoms with E-state index in [0.717, 1.165) is 27.5 Å². The maximum Gasteiger partial charge on any atom is 0.0964 e. The van der Waals surface area contributed by atoms with Gasteiger partial charge in [0.2, 0.25) is 0 Å². The van der Waals surface area contributed by atoms with E-state index in [1.165, 1.54) is 16.2 Å². The molecule has 3 aromatic heterocycles. The first-order valence-corrected chi connectivity index (χ1v) is 6.66. The van der Waals surface area contributed by atoms with Crippen LogP contribution in [0.4, 0.5) is 0 Å². The van der Waals surface area contributed by atoms with E-state index in [4.69, 9.17) is 0 Å². The molecule has 0 amide bonds. The molecule has 3 heteroatoms. The van der Waals surface area contributed by atoms with E-state index in [1.54, 1.807) is 0 Å². The third-order valence-electron chi connectivity index (χ3n) is 4.01. The Balaban J connectivity index is 2.07. The fourth-order valence-corrected chi connectivity index (χ4v) is 3.03. The Bertz CT molecular complexity index is 1100. The minimum atomic E-state index is 1.04. The number of benzene rings is 2. The van der Waals surface area contributed by atoms with E-state index < -0.39 is 0 Å². The molecule has 3 nitrogen and oxygen atoms in total. The van der Waals surface area contributed by atoms with Gasteiger partial charge in [-0.15, -0.1) is 0 Å². The Morgan fingerprint density at radius 1 is 0.850 bits per heavy atom. The van der Waals surface area contributed by atoms with Crippen molar-refractivity contribution in [2.75, 3.05) is 0 Å². The van der Waals surface area contributed by atoms with Crippen LogP contribution in [-0.2, 0) is 0 Å². The summed E-state index contributed by atoms with van der Waals surface area (Å²) < 4.78 is 0. The summed E-state index contributed by atoms with van der Waals surface area (Å²) in [5.74, 6) is 0. The molecule has 94 valence electrons. The Labute approximate surface area is 114 Å². The van der Waals surface area contributed by atoms with Crippen LogP contribution in [0.5, 0.6) is 0 Å². The van der Waals surface area contributed by atoms with Gasteiger partial charge >= 0.3 is 0 Å². The summed E-state index contributed by atoms with van der Waals surface area (Å²) >= 11 is 0. The minimum Gasteiger partial charge on any atom is -0.361 e. The van der Waals surface area contributed by atoms with E-state index in [9.17, 15) is 0 Å². The molecule has 5 rings (SSSR count). The van der Waals surface area contributed by atoms with E-state index >= 15 is 0 Å². The molecule has 3 heterocycles. The van der Waals surface area contributed by atoms with Gasteiger partial charge in [0, 0.05) is 39.5 Å². The molecule has 0 aliphatic rings. The lowest BCUT2D eigenvalue weighted by molar-refractivity contribution is 1.45. The van der Waals surface area contributed by atoms with Crippen molar-refractivity contribution in [1.82, 2.24) is 15.0 Å². The third kappa shape index (κ3) is 1.17. The monoisotopic (exact) mass is 257 g/mol. The highest BCUT2D eigenvalue weighted by Gasteiger charge is 2.10. The molecule has 0 fully saturated rings. The Kier molecular flexibility index (Phi) is 1.70. The van der Waals surface area contributed by atoms with E-state index in [2.05, 4.69) is 51.4 Å². The molecule has 0 saturated carbocycles. The molecule has 0 spiro atoms. The molecule has 0 aliphatic heterocycles. The van der Waals surface area contributed by atoms with Crippen LogP contribution in [0.25, 0.3) is 43.6 Å². The highest BCUT2D eigenvalue weighted by atomic mass is 14.8. The molecule has 0 aliphatic carbocycles. The highest BCUT2D eigenvalue weighted by Crippen LogP contribution is 2.31. The topological polar surface area (TPSA) is 44.5 Å². The van der Waals surface area contributed by atoms with Crippen LogP contribution in [-0.4, -0.2) is 15.0 Å². The molecular formula is C17H11N3. The standard InChI is InChI=1S/C17H11N3/c1-2-4-12-11(3-1)9-19-16-13-7-10-5-6-18-14(10)8-15(13)20-17(12)16/h1-9,18,20H. The summed E-state index contributed by atoms with van der Waals surface area (Å²) in [5, 5.41) is 4.78. The molecule has 20 heavy (non-hydrogen) atoms. The molecule has 2 N–H and O–H groups in total. The summed E-state index contributed by atoms with van der Waals surface area (Å²) in [6, 6.07) is 14.8. The first-order chi connectivity index (χ1) is 9.90. The highest BCUT2D eigenvalue weighted by molar-refractivity contribution is 6.16. The molecule has 0 bridgehead atoms. The van der Waals surface area contributed by atoms with Gasteiger partial charge in [0.1, 0.15) is 0 Å². The van der Waals surface area contributed by atoms with E-state index in [1.807, 2.05) is 18.5 Å². The average Bonchev–Trinajstić information content (AvgIpc) is 3.08. The molecule has 0 radical (unpaired) electrons. The lowest BCUT2D eigenvalue weighted by atomic mass is 10.1. The maximum atomic E-state index is 4.65. The van der Waals surface area contributed by atoms with Crippen molar-refractivity contribution in [3.05, 3.63) is 54.9 Å². The van der Waals surface area contributed by atoms with Gasteiger partial charge in [-0.05, 0) is 18.2 Å².